The van der Waals surface area contributed by atoms with Gasteiger partial charge in [0.1, 0.15) is 5.82 Å². The number of aromatic amines is 1. The molecule has 1 rings (SSSR count). The molecule has 0 bridgehead atoms. The number of hydrogen-bond donors (Lipinski definition) is 2. The minimum atomic E-state index is -4.56. The molecule has 0 radical (unpaired) electrons. The first kappa shape index (κ1) is 7.90. The van der Waals surface area contributed by atoms with Crippen LogP contribution < -0.4 is 0 Å². The van der Waals surface area contributed by atoms with E-state index in [0.717, 1.165) is 0 Å². The van der Waals surface area contributed by atoms with Crippen LogP contribution in [0.15, 0.2) is 0 Å². The molecule has 1 aromatic heterocycles. The topological polar surface area (TPSA) is 48.9 Å². The Morgan fingerprint density at radius 1 is 1.45 bits per heavy atom. The van der Waals surface area contributed by atoms with Crippen molar-refractivity contribution < 1.29 is 18.3 Å². The van der Waals surface area contributed by atoms with Crippen molar-refractivity contribution in [3.63, 3.8) is 0 Å². The Bertz CT molecular complexity index is 265. The number of aromatic nitrogens is 2. The van der Waals surface area contributed by atoms with Crippen molar-refractivity contribution in [1.29, 1.82) is 0 Å². The van der Waals surface area contributed by atoms with E-state index in [4.69, 9.17) is 5.11 Å². The molecule has 0 aliphatic rings. The molecule has 62 valence electrons. The van der Waals surface area contributed by atoms with Crippen LogP contribution in [-0.4, -0.2) is 15.1 Å². The Kier molecular flexibility index (Phi) is 1.54. The van der Waals surface area contributed by atoms with Gasteiger partial charge in [-0.05, 0) is 6.92 Å². The van der Waals surface area contributed by atoms with Crippen molar-refractivity contribution in [3.05, 3.63) is 11.5 Å². The highest BCUT2D eigenvalue weighted by atomic mass is 19.4. The van der Waals surface area contributed by atoms with E-state index in [1.165, 1.54) is 6.92 Å². The quantitative estimate of drug-likeness (QED) is 0.612. The van der Waals surface area contributed by atoms with Gasteiger partial charge in [0.25, 0.3) is 0 Å². The Balaban J connectivity index is 3.13. The van der Waals surface area contributed by atoms with Gasteiger partial charge >= 0.3 is 6.18 Å². The van der Waals surface area contributed by atoms with Crippen LogP contribution in [0, 0.1) is 6.92 Å². The minimum Gasteiger partial charge on any atom is -0.492 e. The molecule has 0 aromatic carbocycles. The van der Waals surface area contributed by atoms with Gasteiger partial charge in [0.05, 0.1) is 0 Å². The molecule has 3 nitrogen and oxygen atoms in total. The Labute approximate surface area is 59.9 Å². The molecular formula is C5H5F3N2O. The van der Waals surface area contributed by atoms with Gasteiger partial charge in [0, 0.05) is 0 Å². The number of hydrogen-bond acceptors (Lipinski definition) is 2. The maximum absolute atomic E-state index is 11.8. The number of aryl methyl sites for hydroxylation is 1. The first-order valence-corrected chi connectivity index (χ1v) is 2.74. The molecule has 0 fully saturated rings. The molecule has 0 saturated carbocycles. The number of alkyl halides is 3. The highest BCUT2D eigenvalue weighted by Gasteiger charge is 2.36. The normalized spacial score (nSPS) is 12.0. The molecule has 0 unspecified atom stereocenters. The molecule has 0 spiro atoms. The lowest BCUT2D eigenvalue weighted by Gasteiger charge is -2.01. The molecule has 0 aliphatic carbocycles. The molecular weight excluding hydrogens is 161 g/mol. The third kappa shape index (κ3) is 1.44. The molecule has 1 aromatic rings. The van der Waals surface area contributed by atoms with E-state index in [2.05, 4.69) is 4.98 Å². The Hall–Kier alpha value is -1.20. The second-order valence-corrected chi connectivity index (χ2v) is 2.02. The Morgan fingerprint density at radius 3 is 2.18 bits per heavy atom. The lowest BCUT2D eigenvalue weighted by atomic mass is 10.4. The van der Waals surface area contributed by atoms with Gasteiger partial charge in [-0.3, -0.25) is 0 Å². The van der Waals surface area contributed by atoms with Crippen molar-refractivity contribution in [2.75, 3.05) is 0 Å². The van der Waals surface area contributed by atoms with Crippen LogP contribution >= 0.6 is 0 Å². The molecule has 0 amide bonds. The summed E-state index contributed by atoms with van der Waals surface area (Å²) in [6, 6.07) is 0. The fraction of sp³-hybridized carbons (Fsp3) is 0.400. The van der Waals surface area contributed by atoms with Crippen molar-refractivity contribution >= 4 is 0 Å². The van der Waals surface area contributed by atoms with E-state index >= 15 is 0 Å². The zero-order chi connectivity index (χ0) is 8.65. The van der Waals surface area contributed by atoms with E-state index in [0.29, 0.717) is 0 Å². The smallest absolute Gasteiger partial charge is 0.436 e. The van der Waals surface area contributed by atoms with Gasteiger partial charge in [0.2, 0.25) is 5.88 Å². The number of H-pyrrole nitrogens is 1. The number of rotatable bonds is 0. The average Bonchev–Trinajstić information content (AvgIpc) is 2.08. The summed E-state index contributed by atoms with van der Waals surface area (Å²) in [5.74, 6) is -0.968. The fourth-order valence-electron chi connectivity index (χ4n) is 0.677. The van der Waals surface area contributed by atoms with Crippen LogP contribution in [0.3, 0.4) is 0 Å². The first-order chi connectivity index (χ1) is 4.91. The van der Waals surface area contributed by atoms with Crippen LogP contribution in [0.25, 0.3) is 0 Å². The first-order valence-electron chi connectivity index (χ1n) is 2.74. The maximum Gasteiger partial charge on any atom is 0.436 e. The van der Waals surface area contributed by atoms with Crippen LogP contribution in [0.4, 0.5) is 13.2 Å². The van der Waals surface area contributed by atoms with Gasteiger partial charge in [-0.2, -0.15) is 18.2 Å². The van der Waals surface area contributed by atoms with Crippen molar-refractivity contribution in [3.8, 4) is 5.88 Å². The molecule has 0 aliphatic heterocycles. The van der Waals surface area contributed by atoms with E-state index in [-0.39, 0.29) is 5.82 Å². The lowest BCUT2D eigenvalue weighted by Crippen LogP contribution is -2.05. The van der Waals surface area contributed by atoms with Crippen LogP contribution in [0.2, 0.25) is 0 Å². The molecule has 0 saturated heterocycles. The second kappa shape index (κ2) is 2.14. The number of nitrogens with one attached hydrogen (secondary N) is 1. The zero-order valence-electron chi connectivity index (χ0n) is 5.53. The highest BCUT2D eigenvalue weighted by Crippen LogP contribution is 2.33. The monoisotopic (exact) mass is 166 g/mol. The number of aromatic hydroxyl groups is 1. The number of nitrogens with zero attached hydrogens (tertiary/aromatic N) is 1. The SMILES string of the molecule is Cc1nc(O)c(C(F)(F)F)[nH]1. The zero-order valence-corrected chi connectivity index (χ0v) is 5.53. The standard InChI is InChI=1S/C5H5F3N2O/c1-2-9-3(4(11)10-2)5(6,7)8/h11H,1H3,(H,9,10). The summed E-state index contributed by atoms with van der Waals surface area (Å²) >= 11 is 0. The van der Waals surface area contributed by atoms with E-state index in [9.17, 15) is 13.2 Å². The molecule has 0 atom stereocenters. The predicted octanol–water partition coefficient (Wildman–Crippen LogP) is 1.44. The van der Waals surface area contributed by atoms with Crippen molar-refractivity contribution in [2.45, 2.75) is 13.1 Å². The van der Waals surface area contributed by atoms with Crippen LogP contribution in [0.1, 0.15) is 11.5 Å². The second-order valence-electron chi connectivity index (χ2n) is 2.02. The lowest BCUT2D eigenvalue weighted by molar-refractivity contribution is -0.142. The van der Waals surface area contributed by atoms with Gasteiger partial charge in [0.15, 0.2) is 5.69 Å². The van der Waals surface area contributed by atoms with Crippen LogP contribution in [-0.2, 0) is 6.18 Å². The number of imidazole rings is 1. The van der Waals surface area contributed by atoms with Gasteiger partial charge < -0.3 is 10.1 Å². The van der Waals surface area contributed by atoms with E-state index in [1.807, 2.05) is 4.98 Å². The Morgan fingerprint density at radius 2 is 2.00 bits per heavy atom. The minimum absolute atomic E-state index is 0.0369. The number of halogens is 3. The molecule has 11 heavy (non-hydrogen) atoms. The average molecular weight is 166 g/mol. The molecule has 2 N–H and O–H groups in total. The summed E-state index contributed by atoms with van der Waals surface area (Å²) in [4.78, 5) is 5.06. The van der Waals surface area contributed by atoms with E-state index in [1.54, 1.807) is 0 Å². The summed E-state index contributed by atoms with van der Waals surface area (Å²) < 4.78 is 35.5. The predicted molar refractivity (Wildman–Crippen MR) is 30.0 cm³/mol. The molecule has 1 heterocycles. The summed E-state index contributed by atoms with van der Waals surface area (Å²) in [5, 5.41) is 8.60. The molecule has 6 heteroatoms. The summed E-state index contributed by atoms with van der Waals surface area (Å²) in [6.07, 6.45) is -4.56. The van der Waals surface area contributed by atoms with Gasteiger partial charge in [-0.25, -0.2) is 0 Å². The van der Waals surface area contributed by atoms with Crippen LogP contribution in [0.5, 0.6) is 5.88 Å². The summed E-state index contributed by atoms with van der Waals surface area (Å²) in [6.45, 7) is 1.33. The fourth-order valence-corrected chi connectivity index (χ4v) is 0.677. The van der Waals surface area contributed by atoms with Crippen molar-refractivity contribution in [1.82, 2.24) is 9.97 Å². The largest absolute Gasteiger partial charge is 0.492 e. The summed E-state index contributed by atoms with van der Waals surface area (Å²) in [5.41, 5.74) is -1.20. The van der Waals surface area contributed by atoms with Crippen molar-refractivity contribution in [2.24, 2.45) is 0 Å². The van der Waals surface area contributed by atoms with Gasteiger partial charge in [-0.1, -0.05) is 0 Å². The summed E-state index contributed by atoms with van der Waals surface area (Å²) in [7, 11) is 0. The highest BCUT2D eigenvalue weighted by molar-refractivity contribution is 5.21. The third-order valence-electron chi connectivity index (χ3n) is 1.09. The van der Waals surface area contributed by atoms with Gasteiger partial charge in [-0.15, -0.1) is 0 Å². The maximum atomic E-state index is 11.8. The van der Waals surface area contributed by atoms with E-state index < -0.39 is 17.8 Å². The third-order valence-corrected chi connectivity index (χ3v) is 1.09.